The second-order valence-corrected chi connectivity index (χ2v) is 5.42. The third-order valence-electron chi connectivity index (χ3n) is 4.37. The number of ether oxygens (including phenoxy) is 3. The van der Waals surface area contributed by atoms with Gasteiger partial charge < -0.3 is 24.6 Å². The number of hydrogen-bond donors (Lipinski definition) is 2. The maximum absolute atomic E-state index is 11.5. The van der Waals surface area contributed by atoms with Gasteiger partial charge in [-0.3, -0.25) is 4.79 Å². The minimum Gasteiger partial charge on any atom is -0.496 e. The van der Waals surface area contributed by atoms with Gasteiger partial charge in [0.05, 0.1) is 26.7 Å². The van der Waals surface area contributed by atoms with Gasteiger partial charge in [-0.1, -0.05) is 13.8 Å². The van der Waals surface area contributed by atoms with Crippen molar-refractivity contribution in [2.24, 2.45) is 5.41 Å². The Morgan fingerprint density at radius 1 is 1.04 bits per heavy atom. The summed E-state index contributed by atoms with van der Waals surface area (Å²) in [5.41, 5.74) is 0.140. The topological polar surface area (TPSA) is 77.0 Å². The second-order valence-electron chi connectivity index (χ2n) is 5.42. The molecule has 0 fully saturated rings. The van der Waals surface area contributed by atoms with E-state index in [4.69, 9.17) is 14.2 Å². The van der Waals surface area contributed by atoms with Crippen molar-refractivity contribution in [1.29, 1.82) is 0 Å². The Kier molecular flexibility index (Phi) is 7.16. The van der Waals surface area contributed by atoms with E-state index in [2.05, 4.69) is 5.32 Å². The van der Waals surface area contributed by atoms with Crippen LogP contribution in [0, 0.1) is 5.41 Å². The molecule has 0 bridgehead atoms. The predicted octanol–water partition coefficient (Wildman–Crippen LogP) is 2.69. The Bertz CT molecular complexity index is 526. The van der Waals surface area contributed by atoms with E-state index in [0.717, 1.165) is 5.56 Å². The minimum absolute atomic E-state index is 0.396. The zero-order valence-electron chi connectivity index (χ0n) is 14.6. The fourth-order valence-electron chi connectivity index (χ4n) is 2.55. The number of benzene rings is 1. The van der Waals surface area contributed by atoms with Gasteiger partial charge in [-0.05, 0) is 18.9 Å². The zero-order valence-corrected chi connectivity index (χ0v) is 14.6. The lowest BCUT2D eigenvalue weighted by atomic mass is 9.82. The van der Waals surface area contributed by atoms with Gasteiger partial charge in [0.25, 0.3) is 0 Å². The van der Waals surface area contributed by atoms with Gasteiger partial charge in [0.2, 0.25) is 0 Å². The normalized spacial score (nSPS) is 11.2. The van der Waals surface area contributed by atoms with Gasteiger partial charge in [0, 0.05) is 24.7 Å². The molecule has 0 aliphatic carbocycles. The van der Waals surface area contributed by atoms with Crippen LogP contribution in [0.2, 0.25) is 0 Å². The molecule has 6 heteroatoms. The summed E-state index contributed by atoms with van der Waals surface area (Å²) in [5, 5.41) is 12.7. The SMILES string of the molecule is CCC(CC)(CNCc1cc(OC)c(OC)cc1OC)C(=O)O. The van der Waals surface area contributed by atoms with Crippen molar-refractivity contribution in [3.63, 3.8) is 0 Å². The molecule has 0 unspecified atom stereocenters. The number of rotatable bonds is 10. The van der Waals surface area contributed by atoms with Crippen LogP contribution in [0.3, 0.4) is 0 Å². The van der Waals surface area contributed by atoms with Crippen LogP contribution in [0.4, 0.5) is 0 Å². The van der Waals surface area contributed by atoms with E-state index < -0.39 is 11.4 Å². The van der Waals surface area contributed by atoms with E-state index in [1.165, 1.54) is 0 Å². The van der Waals surface area contributed by atoms with Crippen LogP contribution >= 0.6 is 0 Å². The molecule has 0 aromatic heterocycles. The Morgan fingerprint density at radius 3 is 2.00 bits per heavy atom. The number of hydrogen-bond acceptors (Lipinski definition) is 5. The monoisotopic (exact) mass is 325 g/mol. The first kappa shape index (κ1) is 19.1. The van der Waals surface area contributed by atoms with Crippen LogP contribution in [0.1, 0.15) is 32.3 Å². The maximum atomic E-state index is 11.5. The molecule has 0 spiro atoms. The van der Waals surface area contributed by atoms with Gasteiger partial charge in [-0.15, -0.1) is 0 Å². The van der Waals surface area contributed by atoms with E-state index in [9.17, 15) is 9.90 Å². The van der Waals surface area contributed by atoms with Crippen LogP contribution in [-0.2, 0) is 11.3 Å². The fraction of sp³-hybridized carbons (Fsp3) is 0.588. The van der Waals surface area contributed by atoms with Gasteiger partial charge in [0.1, 0.15) is 5.75 Å². The van der Waals surface area contributed by atoms with Crippen molar-refractivity contribution in [2.45, 2.75) is 33.2 Å². The molecule has 6 nitrogen and oxygen atoms in total. The Labute approximate surface area is 137 Å². The van der Waals surface area contributed by atoms with Gasteiger partial charge in [-0.25, -0.2) is 0 Å². The Balaban J connectivity index is 2.90. The Hall–Kier alpha value is -1.95. The molecule has 0 heterocycles. The third kappa shape index (κ3) is 4.28. The largest absolute Gasteiger partial charge is 0.496 e. The number of methoxy groups -OCH3 is 3. The molecule has 2 N–H and O–H groups in total. The smallest absolute Gasteiger partial charge is 0.310 e. The van der Waals surface area contributed by atoms with Crippen LogP contribution in [-0.4, -0.2) is 38.9 Å². The number of aliphatic carboxylic acids is 1. The summed E-state index contributed by atoms with van der Waals surface area (Å²) in [6.45, 7) is 4.68. The van der Waals surface area contributed by atoms with E-state index in [0.29, 0.717) is 43.2 Å². The molecular weight excluding hydrogens is 298 g/mol. The first-order valence-corrected chi connectivity index (χ1v) is 7.71. The molecule has 0 aliphatic heterocycles. The first-order chi connectivity index (χ1) is 11.0. The number of nitrogens with one attached hydrogen (secondary N) is 1. The third-order valence-corrected chi connectivity index (χ3v) is 4.37. The zero-order chi connectivity index (χ0) is 17.5. The average Bonchev–Trinajstić information content (AvgIpc) is 2.57. The maximum Gasteiger partial charge on any atom is 0.310 e. The molecular formula is C17H27NO5. The summed E-state index contributed by atoms with van der Waals surface area (Å²) in [4.78, 5) is 11.5. The first-order valence-electron chi connectivity index (χ1n) is 7.71. The van der Waals surface area contributed by atoms with Crippen molar-refractivity contribution in [1.82, 2.24) is 5.32 Å². The van der Waals surface area contributed by atoms with Gasteiger partial charge in [0.15, 0.2) is 11.5 Å². The van der Waals surface area contributed by atoms with Gasteiger partial charge >= 0.3 is 5.97 Å². The summed E-state index contributed by atoms with van der Waals surface area (Å²) in [6, 6.07) is 3.60. The molecule has 0 amide bonds. The highest BCUT2D eigenvalue weighted by Gasteiger charge is 2.34. The Morgan fingerprint density at radius 2 is 1.57 bits per heavy atom. The van der Waals surface area contributed by atoms with Crippen LogP contribution in [0.15, 0.2) is 12.1 Å². The van der Waals surface area contributed by atoms with Crippen molar-refractivity contribution >= 4 is 5.97 Å². The molecule has 0 atom stereocenters. The lowest BCUT2D eigenvalue weighted by molar-refractivity contribution is -0.149. The number of carboxylic acid groups (broad SMARTS) is 1. The van der Waals surface area contributed by atoms with E-state index in [1.54, 1.807) is 27.4 Å². The summed E-state index contributed by atoms with van der Waals surface area (Å²) in [6.07, 6.45) is 1.16. The predicted molar refractivity (Wildman–Crippen MR) is 88.5 cm³/mol. The lowest BCUT2D eigenvalue weighted by Crippen LogP contribution is -2.40. The minimum atomic E-state index is -0.769. The van der Waals surface area contributed by atoms with Crippen LogP contribution < -0.4 is 19.5 Å². The van der Waals surface area contributed by atoms with Crippen molar-refractivity contribution in [3.05, 3.63) is 17.7 Å². The summed E-state index contributed by atoms with van der Waals surface area (Å²) in [5.74, 6) is 1.11. The lowest BCUT2D eigenvalue weighted by Gasteiger charge is -2.27. The van der Waals surface area contributed by atoms with E-state index >= 15 is 0 Å². The van der Waals surface area contributed by atoms with Crippen LogP contribution in [0.5, 0.6) is 17.2 Å². The highest BCUT2D eigenvalue weighted by atomic mass is 16.5. The second kappa shape index (κ2) is 8.62. The summed E-state index contributed by atoms with van der Waals surface area (Å²) >= 11 is 0. The van der Waals surface area contributed by atoms with Crippen molar-refractivity contribution < 1.29 is 24.1 Å². The van der Waals surface area contributed by atoms with Crippen molar-refractivity contribution in [2.75, 3.05) is 27.9 Å². The molecule has 0 radical (unpaired) electrons. The molecule has 1 aromatic rings. The molecule has 130 valence electrons. The van der Waals surface area contributed by atoms with Gasteiger partial charge in [-0.2, -0.15) is 0 Å². The highest BCUT2D eigenvalue weighted by Crippen LogP contribution is 2.34. The summed E-state index contributed by atoms with van der Waals surface area (Å²) in [7, 11) is 4.73. The standard InChI is InChI=1S/C17H27NO5/c1-6-17(7-2,16(19)20)11-18-10-12-8-14(22-4)15(23-5)9-13(12)21-3/h8-9,18H,6-7,10-11H2,1-5H3,(H,19,20). The number of carbonyl (C=O) groups is 1. The quantitative estimate of drug-likeness (QED) is 0.689. The van der Waals surface area contributed by atoms with Crippen LogP contribution in [0.25, 0.3) is 0 Å². The summed E-state index contributed by atoms with van der Waals surface area (Å²) < 4.78 is 15.9. The molecule has 1 aromatic carbocycles. The molecule has 23 heavy (non-hydrogen) atoms. The fourth-order valence-corrected chi connectivity index (χ4v) is 2.55. The highest BCUT2D eigenvalue weighted by molar-refractivity contribution is 5.74. The molecule has 1 rings (SSSR count). The molecule has 0 saturated carbocycles. The average molecular weight is 325 g/mol. The van der Waals surface area contributed by atoms with Crippen molar-refractivity contribution in [3.8, 4) is 17.2 Å². The number of carboxylic acids is 1. The van der Waals surface area contributed by atoms with E-state index in [-0.39, 0.29) is 0 Å². The van der Waals surface area contributed by atoms with E-state index in [1.807, 2.05) is 19.9 Å². The molecule has 0 saturated heterocycles. The molecule has 0 aliphatic rings.